The predicted molar refractivity (Wildman–Crippen MR) is 59.6 cm³/mol. The Kier molecular flexibility index (Phi) is 4.27. The van der Waals surface area contributed by atoms with Crippen LogP contribution < -0.4 is 0 Å². The van der Waals surface area contributed by atoms with Crippen molar-refractivity contribution in [1.82, 2.24) is 0 Å². The Morgan fingerprint density at radius 3 is 1.76 bits per heavy atom. The highest BCUT2D eigenvalue weighted by Crippen LogP contribution is 2.33. The van der Waals surface area contributed by atoms with Crippen molar-refractivity contribution >= 4 is 19.7 Å². The first-order chi connectivity index (χ1) is 9.18. The fourth-order valence-electron chi connectivity index (χ4n) is 1.11. The van der Waals surface area contributed by atoms with Crippen molar-refractivity contribution in [3.8, 4) is 0 Å². The molecular weight excluding hydrogens is 350 g/mol. The normalized spacial score (nSPS) is 19.3. The molecule has 0 atom stereocenters. The van der Waals surface area contributed by atoms with E-state index >= 15 is 0 Å². The molecule has 0 radical (unpaired) electrons. The highest BCUT2D eigenvalue weighted by atomic mass is 32.2. The monoisotopic (exact) mass is 355 g/mol. The number of halogens is 6. The van der Waals surface area contributed by atoms with E-state index in [1.54, 1.807) is 0 Å². The Hall–Kier alpha value is -1.43. The van der Waals surface area contributed by atoms with Crippen molar-refractivity contribution in [2.45, 2.75) is 11.0 Å². The summed E-state index contributed by atoms with van der Waals surface area (Å²) in [6.07, 6.45) is 1.75. The zero-order valence-corrected chi connectivity index (χ0v) is 11.2. The van der Waals surface area contributed by atoms with Crippen molar-refractivity contribution in [2.24, 2.45) is 0 Å². The summed E-state index contributed by atoms with van der Waals surface area (Å²) in [4.78, 5) is -1.21. The van der Waals surface area contributed by atoms with Gasteiger partial charge in [-0.3, -0.25) is 0 Å². The van der Waals surface area contributed by atoms with Crippen LogP contribution in [-0.2, 0) is 19.7 Å². The summed E-state index contributed by atoms with van der Waals surface area (Å²) in [5, 5.41) is -0.225. The summed E-state index contributed by atoms with van der Waals surface area (Å²) in [5.41, 5.74) is -11.8. The highest BCUT2D eigenvalue weighted by Gasteiger charge is 2.45. The minimum Gasteiger partial charge on any atom is -0.225 e. The molecule has 0 unspecified atom stereocenters. The third-order valence-electron chi connectivity index (χ3n) is 2.11. The summed E-state index contributed by atoms with van der Waals surface area (Å²) in [6, 6.07) is 0. The summed E-state index contributed by atoms with van der Waals surface area (Å²) in [7, 11) is -11.3. The molecule has 0 spiro atoms. The Balaban J connectivity index is 3.10. The average Bonchev–Trinajstić information content (AvgIpc) is 2.26. The number of hydrogen-bond acceptors (Lipinski definition) is 4. The van der Waals surface area contributed by atoms with E-state index in [0.717, 1.165) is 0 Å². The Bertz CT molecular complexity index is 719. The van der Waals surface area contributed by atoms with Gasteiger partial charge in [-0.05, 0) is 10.3 Å². The van der Waals surface area contributed by atoms with Gasteiger partial charge >= 0.3 is 11.0 Å². The molecule has 0 heterocycles. The van der Waals surface area contributed by atoms with Crippen LogP contribution in [0.5, 0.6) is 0 Å². The van der Waals surface area contributed by atoms with Crippen molar-refractivity contribution in [1.29, 1.82) is 0 Å². The molecule has 0 fully saturated rings. The smallest absolute Gasteiger partial charge is 0.225 e. The van der Waals surface area contributed by atoms with Gasteiger partial charge in [0.25, 0.3) is 0 Å². The van der Waals surface area contributed by atoms with E-state index in [0.29, 0.717) is 24.6 Å². The van der Waals surface area contributed by atoms with Crippen LogP contribution in [0.3, 0.4) is 0 Å². The minimum atomic E-state index is -5.65. The molecule has 0 bridgehead atoms. The maximum atomic E-state index is 12.2. The quantitative estimate of drug-likeness (QED) is 0.563. The van der Waals surface area contributed by atoms with Crippen LogP contribution >= 0.6 is 0 Å². The van der Waals surface area contributed by atoms with Gasteiger partial charge in [0.05, 0.1) is 0 Å². The van der Waals surface area contributed by atoms with Crippen LogP contribution in [0.4, 0.5) is 26.3 Å². The van der Waals surface area contributed by atoms with Gasteiger partial charge in [-0.15, -0.1) is 30.2 Å². The number of allylic oxidation sites excluding steroid dienone is 4. The predicted octanol–water partition coefficient (Wildman–Crippen LogP) is 2.40. The lowest BCUT2D eigenvalue weighted by atomic mass is 10.1. The lowest BCUT2D eigenvalue weighted by Gasteiger charge is -2.18. The maximum absolute atomic E-state index is 12.2. The third kappa shape index (κ3) is 3.61. The van der Waals surface area contributed by atoms with E-state index < -0.39 is 41.2 Å². The van der Waals surface area contributed by atoms with Gasteiger partial charge < -0.3 is 0 Å². The zero-order chi connectivity index (χ0) is 16.7. The maximum Gasteiger partial charge on any atom is 0.493 e. The molecule has 1 rings (SSSR count). The molecular formula is C9H5F6O4S2-. The standard InChI is InChI=1S/C9H5F6O4S2/c10-8(11,12)20(16,17)5-6-1-3-7(4-2-6)21(18,19)9(13,14)15/h1-5H/q-1. The van der Waals surface area contributed by atoms with Crippen LogP contribution in [0.15, 0.2) is 34.1 Å². The highest BCUT2D eigenvalue weighted by molar-refractivity contribution is 7.96. The summed E-state index contributed by atoms with van der Waals surface area (Å²) >= 11 is 0. The lowest BCUT2D eigenvalue weighted by Crippen LogP contribution is -2.24. The van der Waals surface area contributed by atoms with Crippen LogP contribution in [0, 0.1) is 6.42 Å². The lowest BCUT2D eigenvalue weighted by molar-refractivity contribution is -0.0430. The van der Waals surface area contributed by atoms with Gasteiger partial charge in [0.1, 0.15) is 0 Å². The molecule has 4 nitrogen and oxygen atoms in total. The van der Waals surface area contributed by atoms with E-state index in [1.165, 1.54) is 0 Å². The summed E-state index contributed by atoms with van der Waals surface area (Å²) in [5.74, 6) is 0. The van der Waals surface area contributed by atoms with Crippen LogP contribution in [0.2, 0.25) is 0 Å². The van der Waals surface area contributed by atoms with Crippen molar-refractivity contribution < 1.29 is 43.2 Å². The van der Waals surface area contributed by atoms with Crippen molar-refractivity contribution in [3.05, 3.63) is 40.5 Å². The van der Waals surface area contributed by atoms with Crippen LogP contribution in [0.1, 0.15) is 0 Å². The average molecular weight is 355 g/mol. The molecule has 0 aromatic heterocycles. The van der Waals surface area contributed by atoms with Gasteiger partial charge in [-0.2, -0.15) is 26.3 Å². The Morgan fingerprint density at radius 1 is 0.905 bits per heavy atom. The zero-order valence-electron chi connectivity index (χ0n) is 9.60. The Morgan fingerprint density at radius 2 is 1.43 bits per heavy atom. The first-order valence-electron chi connectivity index (χ1n) is 4.76. The number of rotatable bonds is 2. The first kappa shape index (κ1) is 17.6. The SMILES string of the molecule is O=S(=O)(/C=C1\C=CC(S(=O)(=O)C(F)(F)F)=C[CH-]1)C(F)(F)F. The molecule has 120 valence electrons. The van der Waals surface area contributed by atoms with Crippen LogP contribution in [-0.4, -0.2) is 27.9 Å². The van der Waals surface area contributed by atoms with Gasteiger partial charge in [-0.1, -0.05) is 0 Å². The molecule has 0 aromatic rings. The number of sulfone groups is 2. The second-order valence-corrected chi connectivity index (χ2v) is 7.36. The Labute approximate surface area is 115 Å². The van der Waals surface area contributed by atoms with Gasteiger partial charge in [0.2, 0.25) is 19.7 Å². The second-order valence-electron chi connectivity index (χ2n) is 3.63. The van der Waals surface area contributed by atoms with Gasteiger partial charge in [0.15, 0.2) is 0 Å². The fourth-order valence-corrected chi connectivity index (χ4v) is 2.52. The van der Waals surface area contributed by atoms with E-state index in [9.17, 15) is 43.2 Å². The van der Waals surface area contributed by atoms with Gasteiger partial charge in [0, 0.05) is 0 Å². The molecule has 0 aromatic carbocycles. The molecule has 0 saturated carbocycles. The molecule has 0 saturated heterocycles. The summed E-state index contributed by atoms with van der Waals surface area (Å²) < 4.78 is 116. The second kappa shape index (κ2) is 5.09. The van der Waals surface area contributed by atoms with Crippen LogP contribution in [0.25, 0.3) is 0 Å². The summed E-state index contributed by atoms with van der Waals surface area (Å²) in [6.45, 7) is 0. The molecule has 0 aliphatic heterocycles. The van der Waals surface area contributed by atoms with Crippen molar-refractivity contribution in [3.63, 3.8) is 0 Å². The molecule has 12 heteroatoms. The fraction of sp³-hybridized carbons (Fsp3) is 0.222. The van der Waals surface area contributed by atoms with E-state index in [2.05, 4.69) is 0 Å². The van der Waals surface area contributed by atoms with Gasteiger partial charge in [-0.25, -0.2) is 16.8 Å². The largest absolute Gasteiger partial charge is 0.493 e. The van der Waals surface area contributed by atoms with Crippen molar-refractivity contribution in [2.75, 3.05) is 0 Å². The molecule has 0 N–H and O–H groups in total. The number of alkyl halides is 6. The van der Waals surface area contributed by atoms with E-state index in [4.69, 9.17) is 0 Å². The molecule has 1 aliphatic carbocycles. The van der Waals surface area contributed by atoms with E-state index in [1.807, 2.05) is 0 Å². The third-order valence-corrected chi connectivity index (χ3v) is 4.84. The first-order valence-corrected chi connectivity index (χ1v) is 7.79. The topological polar surface area (TPSA) is 68.3 Å². The molecule has 0 amide bonds. The molecule has 1 aliphatic rings. The minimum absolute atomic E-state index is 0.225. The number of hydrogen-bond donors (Lipinski definition) is 0. The molecule has 21 heavy (non-hydrogen) atoms. The van der Waals surface area contributed by atoms with E-state index in [-0.39, 0.29) is 5.41 Å².